The number of fused-ring (bicyclic) bond motifs is 2. The minimum atomic E-state index is -0.272. The molecule has 1 amide bonds. The first-order valence-corrected chi connectivity index (χ1v) is 11.5. The highest BCUT2D eigenvalue weighted by molar-refractivity contribution is 7.99. The second-order valence-electron chi connectivity index (χ2n) is 7.69. The lowest BCUT2D eigenvalue weighted by Crippen LogP contribution is -2.48. The molecule has 1 aliphatic carbocycles. The number of thiazole rings is 1. The van der Waals surface area contributed by atoms with E-state index in [2.05, 4.69) is 21.5 Å². The first-order chi connectivity index (χ1) is 15.1. The Kier molecular flexibility index (Phi) is 5.34. The number of likely N-dealkylation sites (tertiary alicyclic amines) is 1. The average molecular weight is 452 g/mol. The van der Waals surface area contributed by atoms with Gasteiger partial charge in [-0.05, 0) is 49.1 Å². The highest BCUT2D eigenvalue weighted by atomic mass is 32.2. The Balaban J connectivity index is 1.32. The van der Waals surface area contributed by atoms with Crippen LogP contribution < -0.4 is 5.32 Å². The van der Waals surface area contributed by atoms with E-state index < -0.39 is 0 Å². The predicted octanol–water partition coefficient (Wildman–Crippen LogP) is 4.17. The van der Waals surface area contributed by atoms with Crippen LogP contribution in [0.4, 0.5) is 4.39 Å². The zero-order valence-corrected chi connectivity index (χ0v) is 18.0. The van der Waals surface area contributed by atoms with E-state index in [0.717, 1.165) is 39.6 Å². The number of piperidine rings is 1. The summed E-state index contributed by atoms with van der Waals surface area (Å²) in [5.41, 5.74) is 0.879. The maximum atomic E-state index is 13.2. The zero-order chi connectivity index (χ0) is 21.4. The molecule has 3 unspecified atom stereocenters. The highest BCUT2D eigenvalue weighted by Crippen LogP contribution is 2.39. The van der Waals surface area contributed by atoms with Gasteiger partial charge >= 0.3 is 0 Å². The van der Waals surface area contributed by atoms with Gasteiger partial charge in [-0.1, -0.05) is 11.8 Å². The van der Waals surface area contributed by atoms with E-state index in [-0.39, 0.29) is 23.8 Å². The van der Waals surface area contributed by atoms with Crippen LogP contribution in [0.2, 0.25) is 0 Å². The summed E-state index contributed by atoms with van der Waals surface area (Å²) in [4.78, 5) is 25.9. The fourth-order valence-electron chi connectivity index (χ4n) is 4.31. The van der Waals surface area contributed by atoms with Crippen LogP contribution in [-0.4, -0.2) is 39.4 Å². The Labute approximate surface area is 187 Å². The third-order valence-corrected chi connectivity index (χ3v) is 7.83. The van der Waals surface area contributed by atoms with Crippen LogP contribution in [0.5, 0.6) is 0 Å². The lowest BCUT2D eigenvalue weighted by Gasteiger charge is -2.29. The molecule has 9 heteroatoms. The van der Waals surface area contributed by atoms with Gasteiger partial charge in [-0.25, -0.2) is 9.37 Å². The van der Waals surface area contributed by atoms with E-state index in [4.69, 9.17) is 0 Å². The number of benzene rings is 1. The van der Waals surface area contributed by atoms with Crippen molar-refractivity contribution in [2.75, 3.05) is 6.54 Å². The molecule has 2 aromatic heterocycles. The zero-order valence-electron chi connectivity index (χ0n) is 16.4. The Morgan fingerprint density at radius 1 is 1.26 bits per heavy atom. The molecule has 0 radical (unpaired) electrons. The molecular formula is C22H18FN5OS2. The summed E-state index contributed by atoms with van der Waals surface area (Å²) >= 11 is 2.82. The van der Waals surface area contributed by atoms with Crippen molar-refractivity contribution in [3.63, 3.8) is 0 Å². The smallest absolute Gasteiger partial charge is 0.280 e. The molecule has 1 N–H and O–H groups in total. The van der Waals surface area contributed by atoms with Crippen LogP contribution >= 0.6 is 23.1 Å². The molecule has 1 saturated heterocycles. The molecule has 5 rings (SSSR count). The molecule has 1 saturated carbocycles. The summed E-state index contributed by atoms with van der Waals surface area (Å²) in [6, 6.07) is 8.31. The number of hydrogen-bond acceptors (Lipinski definition) is 7. The van der Waals surface area contributed by atoms with Gasteiger partial charge in [-0.15, -0.1) is 11.3 Å². The third kappa shape index (κ3) is 4.01. The minimum Gasteiger partial charge on any atom is -0.345 e. The van der Waals surface area contributed by atoms with E-state index in [0.29, 0.717) is 10.9 Å². The third-order valence-electron chi connectivity index (χ3n) is 5.71. The monoisotopic (exact) mass is 451 g/mol. The number of nitrogens with one attached hydrogen (secondary N) is 1. The number of aromatic nitrogens is 2. The van der Waals surface area contributed by atoms with Gasteiger partial charge in [0.25, 0.3) is 5.91 Å². The topological polar surface area (TPSA) is 81.9 Å². The number of hydrogen-bond donors (Lipinski definition) is 1. The second-order valence-corrected chi connectivity index (χ2v) is 9.84. The molecule has 0 spiro atoms. The van der Waals surface area contributed by atoms with Crippen molar-refractivity contribution in [3.8, 4) is 16.6 Å². The summed E-state index contributed by atoms with van der Waals surface area (Å²) in [5, 5.41) is 12.7. The number of carbonyl (C=O) groups is 1. The van der Waals surface area contributed by atoms with Crippen molar-refractivity contribution in [2.45, 2.75) is 34.7 Å². The molecule has 31 heavy (non-hydrogen) atoms. The normalized spacial score (nSPS) is 21.8. The Morgan fingerprint density at radius 2 is 2.10 bits per heavy atom. The number of halogens is 1. The van der Waals surface area contributed by atoms with Gasteiger partial charge in [0.05, 0.1) is 17.0 Å². The molecule has 2 aliphatic rings. The number of pyridine rings is 1. The van der Waals surface area contributed by atoms with Gasteiger partial charge < -0.3 is 10.2 Å². The summed E-state index contributed by atoms with van der Waals surface area (Å²) in [6.45, 7) is 0.796. The Bertz CT molecular complexity index is 1160. The summed E-state index contributed by atoms with van der Waals surface area (Å²) < 4.78 is 13.2. The summed E-state index contributed by atoms with van der Waals surface area (Å²) in [7, 11) is 0. The first-order valence-electron chi connectivity index (χ1n) is 9.91. The van der Waals surface area contributed by atoms with E-state index in [9.17, 15) is 14.4 Å². The molecule has 2 bridgehead atoms. The first kappa shape index (κ1) is 20.0. The molecule has 1 aliphatic heterocycles. The van der Waals surface area contributed by atoms with Crippen molar-refractivity contribution in [2.24, 2.45) is 5.92 Å². The van der Waals surface area contributed by atoms with E-state index in [1.807, 2.05) is 6.07 Å². The van der Waals surface area contributed by atoms with Crippen molar-refractivity contribution in [1.29, 1.82) is 5.26 Å². The van der Waals surface area contributed by atoms with Crippen molar-refractivity contribution in [1.82, 2.24) is 20.2 Å². The lowest BCUT2D eigenvalue weighted by molar-refractivity contribution is 0.0912. The second kappa shape index (κ2) is 8.29. The van der Waals surface area contributed by atoms with Gasteiger partial charge in [-0.3, -0.25) is 9.78 Å². The highest BCUT2D eigenvalue weighted by Gasteiger charge is 2.45. The SMILES string of the molecule is N#CN1CC2CC(NC(=O)c3ncc(-c4cnccc4Sc4ccc(F)cc4)s3)C1C2. The van der Waals surface area contributed by atoms with Crippen molar-refractivity contribution >= 4 is 29.0 Å². The van der Waals surface area contributed by atoms with E-state index >= 15 is 0 Å². The molecule has 3 heterocycles. The van der Waals surface area contributed by atoms with Crippen LogP contribution in [0.1, 0.15) is 22.6 Å². The van der Waals surface area contributed by atoms with Gasteiger partial charge in [0, 0.05) is 40.5 Å². The van der Waals surface area contributed by atoms with Crippen LogP contribution in [0.3, 0.4) is 0 Å². The maximum absolute atomic E-state index is 13.2. The van der Waals surface area contributed by atoms with Gasteiger partial charge in [0.2, 0.25) is 0 Å². The van der Waals surface area contributed by atoms with Crippen LogP contribution in [0.25, 0.3) is 10.4 Å². The largest absolute Gasteiger partial charge is 0.345 e. The Hall–Kier alpha value is -2.96. The van der Waals surface area contributed by atoms with E-state index in [1.54, 1.807) is 35.6 Å². The van der Waals surface area contributed by atoms with Crippen LogP contribution in [0, 0.1) is 23.2 Å². The molecule has 1 aromatic carbocycles. The number of nitrogens with zero attached hydrogens (tertiary/aromatic N) is 4. The molecule has 3 aromatic rings. The number of rotatable bonds is 5. The molecule has 6 nitrogen and oxygen atoms in total. The van der Waals surface area contributed by atoms with E-state index in [1.165, 1.54) is 35.2 Å². The number of carbonyl (C=O) groups excluding carboxylic acids is 1. The maximum Gasteiger partial charge on any atom is 0.280 e. The Morgan fingerprint density at radius 3 is 2.87 bits per heavy atom. The van der Waals surface area contributed by atoms with Crippen molar-refractivity contribution < 1.29 is 9.18 Å². The summed E-state index contributed by atoms with van der Waals surface area (Å²) in [5.74, 6) is -0.00245. The van der Waals surface area contributed by atoms with Crippen molar-refractivity contribution in [3.05, 3.63) is 59.7 Å². The fourth-order valence-corrected chi connectivity index (χ4v) is 6.15. The van der Waals surface area contributed by atoms with Gasteiger partial charge in [0.1, 0.15) is 5.82 Å². The predicted molar refractivity (Wildman–Crippen MR) is 116 cm³/mol. The average Bonchev–Trinajstić information content (AvgIpc) is 3.51. The fraction of sp³-hybridized carbons (Fsp3) is 0.273. The lowest BCUT2D eigenvalue weighted by atomic mass is 10.1. The standard InChI is InChI=1S/C22H18FN5OS2/c23-14-1-3-15(4-2-14)30-19-5-6-25-9-16(19)20-10-26-22(31-20)21(29)27-17-7-13-8-18(17)28(11-13)12-24/h1-6,9-10,13,17-18H,7-8,11H2,(H,27,29). The van der Waals surface area contributed by atoms with Gasteiger partial charge in [0.15, 0.2) is 11.2 Å². The van der Waals surface area contributed by atoms with Crippen LogP contribution in [-0.2, 0) is 0 Å². The quantitative estimate of drug-likeness (QED) is 0.587. The minimum absolute atomic E-state index is 0.0127. The van der Waals surface area contributed by atoms with Crippen LogP contribution in [0.15, 0.2) is 58.7 Å². The molecule has 2 fully saturated rings. The molecule has 3 atom stereocenters. The van der Waals surface area contributed by atoms with Gasteiger partial charge in [-0.2, -0.15) is 5.26 Å². The number of nitriles is 1. The number of amides is 1. The summed E-state index contributed by atoms with van der Waals surface area (Å²) in [6.07, 6.45) is 9.25. The molecular weight excluding hydrogens is 433 g/mol. The molecule has 156 valence electrons.